The van der Waals surface area contributed by atoms with Crippen LogP contribution < -0.4 is 5.56 Å². The predicted molar refractivity (Wildman–Crippen MR) is 66.8 cm³/mol. The van der Waals surface area contributed by atoms with Gasteiger partial charge in [-0.05, 0) is 19.1 Å². The molecule has 0 radical (unpaired) electrons. The van der Waals surface area contributed by atoms with Gasteiger partial charge in [-0.25, -0.2) is 5.10 Å². The highest BCUT2D eigenvalue weighted by Crippen LogP contribution is 2.16. The molecule has 0 aliphatic rings. The van der Waals surface area contributed by atoms with Crippen LogP contribution in [0.4, 0.5) is 0 Å². The minimum absolute atomic E-state index is 0.110. The lowest BCUT2D eigenvalue weighted by atomic mass is 9.93. The minimum atomic E-state index is -0.325. The number of hydrogen-bond acceptors (Lipinski definition) is 4. The zero-order chi connectivity index (χ0) is 12.8. The Balaban J connectivity index is 2.98. The summed E-state index contributed by atoms with van der Waals surface area (Å²) in [5.74, 6) is 0.454. The molecule has 0 aromatic carbocycles. The first-order chi connectivity index (χ1) is 7.86. The summed E-state index contributed by atoms with van der Waals surface area (Å²) in [7, 11) is 0. The maximum absolute atomic E-state index is 12.3. The highest BCUT2D eigenvalue weighted by atomic mass is 32.1. The Labute approximate surface area is 103 Å². The summed E-state index contributed by atoms with van der Waals surface area (Å²) in [6, 6.07) is 0. The maximum Gasteiger partial charge on any atom is 0.277 e. The van der Waals surface area contributed by atoms with Crippen LogP contribution in [-0.2, 0) is 12.0 Å². The van der Waals surface area contributed by atoms with Crippen LogP contribution in [0.25, 0.3) is 5.78 Å². The number of aromatic nitrogens is 5. The molecule has 17 heavy (non-hydrogen) atoms. The fourth-order valence-corrected chi connectivity index (χ4v) is 1.83. The summed E-state index contributed by atoms with van der Waals surface area (Å²) < 4.78 is 3.47. The van der Waals surface area contributed by atoms with E-state index >= 15 is 0 Å². The standard InChI is InChI=1S/C10H15N5OS/c1-5-14-7(16)6(10(2,3)4)13-15-8(14)11-12-9(15)17/h5H2,1-4H3,(H,12,17). The Kier molecular flexibility index (Phi) is 2.65. The number of hydrogen-bond donors (Lipinski definition) is 1. The van der Waals surface area contributed by atoms with E-state index in [9.17, 15) is 4.79 Å². The molecule has 0 atom stereocenters. The van der Waals surface area contributed by atoms with E-state index in [1.165, 1.54) is 4.52 Å². The molecule has 0 aliphatic heterocycles. The van der Waals surface area contributed by atoms with Gasteiger partial charge in [0.25, 0.3) is 11.3 Å². The molecule has 0 saturated heterocycles. The van der Waals surface area contributed by atoms with E-state index in [-0.39, 0.29) is 11.0 Å². The van der Waals surface area contributed by atoms with Gasteiger partial charge in [0.2, 0.25) is 4.77 Å². The first kappa shape index (κ1) is 12.0. The van der Waals surface area contributed by atoms with Gasteiger partial charge in [-0.15, -0.1) is 5.10 Å². The molecule has 0 bridgehead atoms. The predicted octanol–water partition coefficient (Wildman–Crippen LogP) is 1.27. The number of aromatic amines is 1. The van der Waals surface area contributed by atoms with Crippen LogP contribution in [0, 0.1) is 4.77 Å². The van der Waals surface area contributed by atoms with Gasteiger partial charge in [0.05, 0.1) is 0 Å². The van der Waals surface area contributed by atoms with Crippen LogP contribution in [0.3, 0.4) is 0 Å². The van der Waals surface area contributed by atoms with Crippen molar-refractivity contribution in [2.24, 2.45) is 0 Å². The van der Waals surface area contributed by atoms with Crippen LogP contribution in [0.1, 0.15) is 33.4 Å². The summed E-state index contributed by atoms with van der Waals surface area (Å²) in [4.78, 5) is 12.3. The lowest BCUT2D eigenvalue weighted by Gasteiger charge is -2.17. The Bertz CT molecular complexity index is 673. The zero-order valence-electron chi connectivity index (χ0n) is 10.3. The topological polar surface area (TPSA) is 68.0 Å². The van der Waals surface area contributed by atoms with Gasteiger partial charge in [-0.1, -0.05) is 20.8 Å². The monoisotopic (exact) mass is 253 g/mol. The lowest BCUT2D eigenvalue weighted by Crippen LogP contribution is -2.34. The van der Waals surface area contributed by atoms with E-state index in [0.717, 1.165) is 0 Å². The summed E-state index contributed by atoms with van der Waals surface area (Å²) in [5, 5.41) is 11.0. The van der Waals surface area contributed by atoms with E-state index in [1.807, 2.05) is 27.7 Å². The Morgan fingerprint density at radius 2 is 2.06 bits per heavy atom. The molecule has 7 heteroatoms. The van der Waals surface area contributed by atoms with Crippen molar-refractivity contribution in [3.63, 3.8) is 0 Å². The molecular formula is C10H15N5OS. The van der Waals surface area contributed by atoms with Gasteiger partial charge >= 0.3 is 0 Å². The van der Waals surface area contributed by atoms with E-state index in [2.05, 4.69) is 15.3 Å². The molecule has 2 heterocycles. The number of H-pyrrole nitrogens is 1. The molecular weight excluding hydrogens is 238 g/mol. The number of nitrogens with one attached hydrogen (secondary N) is 1. The maximum atomic E-state index is 12.3. The van der Waals surface area contributed by atoms with Gasteiger partial charge in [0.15, 0.2) is 0 Å². The minimum Gasteiger partial charge on any atom is -0.274 e. The Hall–Kier alpha value is -1.50. The molecule has 0 unspecified atom stereocenters. The van der Waals surface area contributed by atoms with E-state index in [0.29, 0.717) is 22.8 Å². The molecule has 2 rings (SSSR count). The van der Waals surface area contributed by atoms with E-state index in [1.54, 1.807) is 4.57 Å². The molecule has 2 aromatic heterocycles. The smallest absolute Gasteiger partial charge is 0.274 e. The van der Waals surface area contributed by atoms with Crippen molar-refractivity contribution in [3.05, 3.63) is 20.8 Å². The zero-order valence-corrected chi connectivity index (χ0v) is 11.1. The van der Waals surface area contributed by atoms with Crippen LogP contribution in [0.15, 0.2) is 4.79 Å². The SMILES string of the molecule is CCn1c(=O)c(C(C)(C)C)nn2c(=S)[nH]nc12. The van der Waals surface area contributed by atoms with Crippen molar-refractivity contribution in [2.45, 2.75) is 39.7 Å². The second-order valence-corrected chi connectivity index (χ2v) is 5.28. The summed E-state index contributed by atoms with van der Waals surface area (Å²) in [6.07, 6.45) is 0. The molecule has 92 valence electrons. The first-order valence-electron chi connectivity index (χ1n) is 5.45. The third-order valence-electron chi connectivity index (χ3n) is 2.55. The number of aryl methyl sites for hydroxylation is 1. The van der Waals surface area contributed by atoms with Gasteiger partial charge in [-0.3, -0.25) is 9.36 Å². The third-order valence-corrected chi connectivity index (χ3v) is 2.81. The fraction of sp³-hybridized carbons (Fsp3) is 0.600. The second kappa shape index (κ2) is 3.76. The van der Waals surface area contributed by atoms with E-state index < -0.39 is 0 Å². The molecule has 0 aliphatic carbocycles. The molecule has 0 amide bonds. The summed E-state index contributed by atoms with van der Waals surface area (Å²) >= 11 is 5.09. The van der Waals surface area contributed by atoms with Crippen molar-refractivity contribution >= 4 is 18.0 Å². The van der Waals surface area contributed by atoms with Crippen LogP contribution in [0.5, 0.6) is 0 Å². The number of fused-ring (bicyclic) bond motifs is 1. The Morgan fingerprint density at radius 3 is 2.59 bits per heavy atom. The van der Waals surface area contributed by atoms with Crippen molar-refractivity contribution in [3.8, 4) is 0 Å². The third kappa shape index (κ3) is 1.80. The average Bonchev–Trinajstić information content (AvgIpc) is 2.58. The first-order valence-corrected chi connectivity index (χ1v) is 5.86. The van der Waals surface area contributed by atoms with Gasteiger partial charge in [-0.2, -0.15) is 9.61 Å². The molecule has 1 N–H and O–H groups in total. The van der Waals surface area contributed by atoms with Crippen LogP contribution >= 0.6 is 12.2 Å². The van der Waals surface area contributed by atoms with Gasteiger partial charge in [0.1, 0.15) is 5.69 Å². The van der Waals surface area contributed by atoms with Gasteiger partial charge in [0, 0.05) is 12.0 Å². The van der Waals surface area contributed by atoms with E-state index in [4.69, 9.17) is 12.2 Å². The molecule has 6 nitrogen and oxygen atoms in total. The van der Waals surface area contributed by atoms with Crippen molar-refractivity contribution < 1.29 is 0 Å². The second-order valence-electron chi connectivity index (χ2n) is 4.89. The highest BCUT2D eigenvalue weighted by molar-refractivity contribution is 7.71. The van der Waals surface area contributed by atoms with Crippen LogP contribution in [-0.4, -0.2) is 24.4 Å². The summed E-state index contributed by atoms with van der Waals surface area (Å²) in [6.45, 7) is 8.28. The normalized spacial score (nSPS) is 12.2. The molecule has 0 fully saturated rings. The van der Waals surface area contributed by atoms with Crippen LogP contribution in [0.2, 0.25) is 0 Å². The average molecular weight is 253 g/mol. The number of rotatable bonds is 1. The number of nitrogens with zero attached hydrogens (tertiary/aromatic N) is 4. The largest absolute Gasteiger partial charge is 0.277 e. The van der Waals surface area contributed by atoms with Crippen molar-refractivity contribution in [1.29, 1.82) is 0 Å². The summed E-state index contributed by atoms with van der Waals surface area (Å²) in [5.41, 5.74) is 0.0553. The quantitative estimate of drug-likeness (QED) is 0.777. The lowest BCUT2D eigenvalue weighted by molar-refractivity contribution is 0.523. The fourth-order valence-electron chi connectivity index (χ4n) is 1.67. The van der Waals surface area contributed by atoms with Crippen molar-refractivity contribution in [1.82, 2.24) is 24.4 Å². The Morgan fingerprint density at radius 1 is 1.41 bits per heavy atom. The van der Waals surface area contributed by atoms with Gasteiger partial charge < -0.3 is 0 Å². The molecule has 0 spiro atoms. The highest BCUT2D eigenvalue weighted by Gasteiger charge is 2.23. The molecule has 2 aromatic rings. The van der Waals surface area contributed by atoms with Crippen molar-refractivity contribution in [2.75, 3.05) is 0 Å². The molecule has 0 saturated carbocycles.